The maximum absolute atomic E-state index is 12.3. The number of carbonyl (C=O) groups excluding carboxylic acids is 1. The van der Waals surface area contributed by atoms with Crippen LogP contribution in [0.25, 0.3) is 0 Å². The third-order valence-corrected chi connectivity index (χ3v) is 3.98. The molecule has 0 fully saturated rings. The highest BCUT2D eigenvalue weighted by molar-refractivity contribution is 7.72. The topological polar surface area (TPSA) is 75.0 Å². The Morgan fingerprint density at radius 3 is 2.44 bits per heavy atom. The largest absolute Gasteiger partial charge is 0.460 e. The summed E-state index contributed by atoms with van der Waals surface area (Å²) in [6.45, 7) is 3.69. The van der Waals surface area contributed by atoms with Crippen molar-refractivity contribution in [2.45, 2.75) is 20.5 Å². The van der Waals surface area contributed by atoms with Crippen LogP contribution in [0.3, 0.4) is 0 Å². The lowest BCUT2D eigenvalue weighted by molar-refractivity contribution is 0.0970. The van der Waals surface area contributed by atoms with Crippen LogP contribution in [-0.2, 0) is 25.0 Å². The third kappa shape index (κ3) is 3.29. The quantitative estimate of drug-likeness (QED) is 0.679. The normalized spacial score (nSPS) is 11.7. The van der Waals surface area contributed by atoms with E-state index < -0.39 is 13.1 Å². The summed E-state index contributed by atoms with van der Waals surface area (Å²) >= 11 is 0. The van der Waals surface area contributed by atoms with E-state index in [1.54, 1.807) is 19.9 Å². The average molecular weight is 276 g/mol. The van der Waals surface area contributed by atoms with E-state index >= 15 is 0 Å². The maximum atomic E-state index is 12.3. The molecular formula is C11H17O6P. The number of hydrogen-bond donors (Lipinski definition) is 0. The van der Waals surface area contributed by atoms with Gasteiger partial charge in [-0.15, -0.1) is 0 Å². The molecule has 1 heterocycles. The van der Waals surface area contributed by atoms with Gasteiger partial charge in [-0.3, -0.25) is 9.36 Å². The molecule has 1 aromatic heterocycles. The molecule has 0 N–H and O–H groups in total. The zero-order valence-corrected chi connectivity index (χ0v) is 11.6. The summed E-state index contributed by atoms with van der Waals surface area (Å²) < 4.78 is 32.2. The van der Waals surface area contributed by atoms with Gasteiger partial charge in [-0.1, -0.05) is 0 Å². The van der Waals surface area contributed by atoms with Crippen molar-refractivity contribution >= 4 is 13.1 Å². The molecule has 1 rings (SSSR count). The summed E-state index contributed by atoms with van der Waals surface area (Å²) in [5.41, 5.74) is -0.259. The second-order valence-corrected chi connectivity index (χ2v) is 5.26. The van der Waals surface area contributed by atoms with E-state index in [1.165, 1.54) is 13.4 Å². The third-order valence-electron chi connectivity index (χ3n) is 2.09. The van der Waals surface area contributed by atoms with Crippen molar-refractivity contribution in [1.82, 2.24) is 0 Å². The van der Waals surface area contributed by atoms with Gasteiger partial charge in [0.2, 0.25) is 0 Å². The average Bonchev–Trinajstić information content (AvgIpc) is 2.77. The second-order valence-electron chi connectivity index (χ2n) is 3.35. The number of hydrogen-bond acceptors (Lipinski definition) is 6. The Morgan fingerprint density at radius 2 is 1.94 bits per heavy atom. The fourth-order valence-electron chi connectivity index (χ4n) is 1.41. The Balaban J connectivity index is 3.02. The van der Waals surface area contributed by atoms with Crippen molar-refractivity contribution in [3.8, 4) is 0 Å². The van der Waals surface area contributed by atoms with Gasteiger partial charge in [-0.2, -0.15) is 0 Å². The molecule has 0 saturated carbocycles. The van der Waals surface area contributed by atoms with Crippen LogP contribution in [-0.4, -0.2) is 25.8 Å². The Kier molecular flexibility index (Phi) is 5.75. The first kappa shape index (κ1) is 15.1. The maximum Gasteiger partial charge on any atom is 0.404 e. The predicted octanol–water partition coefficient (Wildman–Crippen LogP) is 2.83. The molecule has 0 bridgehead atoms. The lowest BCUT2D eigenvalue weighted by Crippen LogP contribution is -2.09. The summed E-state index contributed by atoms with van der Waals surface area (Å²) in [7, 11) is -2.35. The van der Waals surface area contributed by atoms with Crippen molar-refractivity contribution in [1.29, 1.82) is 0 Å². The van der Waals surface area contributed by atoms with E-state index in [1.807, 2.05) is 0 Å². The van der Waals surface area contributed by atoms with Crippen LogP contribution in [0.2, 0.25) is 0 Å². The molecule has 0 aliphatic carbocycles. The smallest absolute Gasteiger partial charge is 0.404 e. The fraction of sp³-hybridized carbons (Fsp3) is 0.545. The number of carbonyl (C=O) groups is 1. The number of ether oxygens (including phenoxy) is 1. The first-order valence-electron chi connectivity index (χ1n) is 5.58. The van der Waals surface area contributed by atoms with Gasteiger partial charge >= 0.3 is 13.1 Å². The minimum atomic E-state index is -3.84. The van der Waals surface area contributed by atoms with Gasteiger partial charge < -0.3 is 18.2 Å². The summed E-state index contributed by atoms with van der Waals surface area (Å²) in [6, 6.07) is 1.58. The zero-order chi connectivity index (χ0) is 13.6. The van der Waals surface area contributed by atoms with E-state index in [2.05, 4.69) is 0 Å². The summed E-state index contributed by atoms with van der Waals surface area (Å²) in [6.07, 6.45) is 1.34. The first-order chi connectivity index (χ1) is 8.59. The lowest BCUT2D eigenvalue weighted by Gasteiger charge is -2.14. The molecule has 1 aromatic rings. The predicted molar refractivity (Wildman–Crippen MR) is 64.6 cm³/mol. The van der Waals surface area contributed by atoms with Crippen LogP contribution in [0.4, 0.5) is 0 Å². The van der Waals surface area contributed by atoms with E-state index in [-0.39, 0.29) is 25.6 Å². The highest BCUT2D eigenvalue weighted by atomic mass is 31.2. The van der Waals surface area contributed by atoms with E-state index in [4.69, 9.17) is 18.2 Å². The summed E-state index contributed by atoms with van der Waals surface area (Å²) in [4.78, 5) is 12.1. The zero-order valence-electron chi connectivity index (χ0n) is 10.7. The molecule has 0 atom stereocenters. The fourth-order valence-corrected chi connectivity index (χ4v) is 2.85. The number of rotatable bonds is 8. The monoisotopic (exact) mass is 276 g/mol. The van der Waals surface area contributed by atoms with E-state index in [0.717, 1.165) is 0 Å². The van der Waals surface area contributed by atoms with Gasteiger partial charge in [0.25, 0.3) is 0 Å². The molecule has 6 nitrogen and oxygen atoms in total. The van der Waals surface area contributed by atoms with Crippen LogP contribution in [0.15, 0.2) is 16.7 Å². The van der Waals surface area contributed by atoms with Crippen LogP contribution in [0.1, 0.15) is 30.0 Å². The molecule has 0 aliphatic rings. The molecule has 0 aliphatic heterocycles. The molecule has 0 amide bonds. The first-order valence-corrected chi connectivity index (χ1v) is 7.12. The highest BCUT2D eigenvalue weighted by Gasteiger charge is 2.38. The Morgan fingerprint density at radius 1 is 1.33 bits per heavy atom. The molecule has 0 unspecified atom stereocenters. The van der Waals surface area contributed by atoms with E-state index in [0.29, 0.717) is 5.56 Å². The minimum Gasteiger partial charge on any atom is -0.460 e. The van der Waals surface area contributed by atoms with Gasteiger partial charge in [0, 0.05) is 12.7 Å². The van der Waals surface area contributed by atoms with E-state index in [9.17, 15) is 9.36 Å². The molecular weight excluding hydrogens is 259 g/mol. The standard InChI is InChI=1S/C11H17O6P/c1-4-16-18(13,17-5-2)11(12)10-9(8-14-3)6-7-15-10/h6-7H,4-5,8H2,1-3H3. The van der Waals surface area contributed by atoms with Gasteiger partial charge in [0.05, 0.1) is 26.1 Å². The van der Waals surface area contributed by atoms with Crippen LogP contribution < -0.4 is 0 Å². The van der Waals surface area contributed by atoms with Gasteiger partial charge in [0.1, 0.15) is 0 Å². The van der Waals surface area contributed by atoms with Gasteiger partial charge in [-0.05, 0) is 19.9 Å². The van der Waals surface area contributed by atoms with Crippen molar-refractivity contribution in [2.24, 2.45) is 0 Å². The molecule has 0 aromatic carbocycles. The molecule has 7 heteroatoms. The molecule has 0 radical (unpaired) electrons. The lowest BCUT2D eigenvalue weighted by atomic mass is 10.3. The second kappa shape index (κ2) is 6.85. The summed E-state index contributed by atoms with van der Waals surface area (Å²) in [5.74, 6) is -0.0397. The Hall–Kier alpha value is -0.940. The van der Waals surface area contributed by atoms with Crippen LogP contribution in [0.5, 0.6) is 0 Å². The SMILES string of the molecule is CCOP(=O)(OCC)C(=O)c1occc1COC. The highest BCUT2D eigenvalue weighted by Crippen LogP contribution is 2.51. The Labute approximate surface area is 106 Å². The van der Waals surface area contributed by atoms with Gasteiger partial charge in [-0.25, -0.2) is 0 Å². The number of methoxy groups -OCH3 is 1. The van der Waals surface area contributed by atoms with Crippen molar-refractivity contribution in [2.75, 3.05) is 20.3 Å². The van der Waals surface area contributed by atoms with Crippen molar-refractivity contribution < 1.29 is 27.6 Å². The molecule has 0 spiro atoms. The minimum absolute atomic E-state index is 0.0397. The summed E-state index contributed by atoms with van der Waals surface area (Å²) in [5, 5.41) is 0. The molecule has 102 valence electrons. The Bertz CT molecular complexity index is 428. The molecule has 0 saturated heterocycles. The molecule has 18 heavy (non-hydrogen) atoms. The van der Waals surface area contributed by atoms with Crippen molar-refractivity contribution in [3.05, 3.63) is 23.7 Å². The number of furan rings is 1. The van der Waals surface area contributed by atoms with Crippen LogP contribution >= 0.6 is 7.60 Å². The van der Waals surface area contributed by atoms with Crippen molar-refractivity contribution in [3.63, 3.8) is 0 Å². The van der Waals surface area contributed by atoms with Crippen LogP contribution in [0, 0.1) is 0 Å². The van der Waals surface area contributed by atoms with Gasteiger partial charge in [0.15, 0.2) is 5.76 Å².